The first-order chi connectivity index (χ1) is 21.7. The highest BCUT2D eigenvalue weighted by molar-refractivity contribution is 9.09. The van der Waals surface area contributed by atoms with E-state index in [4.69, 9.17) is 9.47 Å². The molecule has 3 aliphatic heterocycles. The van der Waals surface area contributed by atoms with Crippen LogP contribution in [0.2, 0.25) is 0 Å². The zero-order valence-corrected chi connectivity index (χ0v) is 27.0. The van der Waals surface area contributed by atoms with E-state index >= 15 is 0 Å². The summed E-state index contributed by atoms with van der Waals surface area (Å²) in [6.07, 6.45) is 3.39. The van der Waals surface area contributed by atoms with E-state index in [0.29, 0.717) is 18.5 Å². The number of allylic oxidation sites excluding steroid dienone is 1. The molecular formula is C34H40BrN3O7. The molecule has 2 aromatic carbocycles. The third-order valence-corrected chi connectivity index (χ3v) is 9.80. The van der Waals surface area contributed by atoms with Gasteiger partial charge in [-0.05, 0) is 49.1 Å². The van der Waals surface area contributed by atoms with Gasteiger partial charge in [0.05, 0.1) is 24.5 Å². The topological polar surface area (TPSA) is 125 Å². The summed E-state index contributed by atoms with van der Waals surface area (Å²) >= 11 is 3.68. The predicted molar refractivity (Wildman–Crippen MR) is 174 cm³/mol. The average molecular weight is 683 g/mol. The molecule has 2 N–H and O–H groups in total. The Bertz CT molecular complexity index is 1480. The van der Waals surface area contributed by atoms with E-state index in [1.807, 2.05) is 42.5 Å². The van der Waals surface area contributed by atoms with Crippen molar-refractivity contribution in [2.24, 2.45) is 11.8 Å². The fourth-order valence-electron chi connectivity index (χ4n) is 7.00. The molecule has 0 radical (unpaired) electrons. The van der Waals surface area contributed by atoms with Gasteiger partial charge in [-0.1, -0.05) is 58.4 Å². The number of nitrogens with one attached hydrogen (secondary N) is 1. The third-order valence-electron chi connectivity index (χ3n) is 8.95. The molecule has 0 aromatic heterocycles. The number of nitrogens with zero attached hydrogens (tertiary/aromatic N) is 2. The lowest BCUT2D eigenvalue weighted by molar-refractivity contribution is -0.159. The maximum Gasteiger partial charge on any atom is 0.312 e. The van der Waals surface area contributed by atoms with Crippen LogP contribution in [0.1, 0.15) is 32.6 Å². The smallest absolute Gasteiger partial charge is 0.312 e. The standard InChI is InChI=1S/C34H40BrN3O7/c1-4-6-12-26(40)36-20-21(3)44-33(43)27-28-31(41)38(16-9-17-39)30(34(28)19-25(35)29(27)45-34)32(42)37(15-5-2)24-14-13-22-10-7-8-11-23(22)18-24/h4-5,7-8,10-11,13-14,18,21,25,27-30,39H,1-2,6,9,12,15-17,19-20H2,3H3,(H,36,40)/t21-,25?,27+,28-,29+,30+,34-/m0/s1. The first kappa shape index (κ1) is 32.8. The second-order valence-corrected chi connectivity index (χ2v) is 13.1. The van der Waals surface area contributed by atoms with E-state index in [1.165, 1.54) is 4.90 Å². The number of esters is 1. The van der Waals surface area contributed by atoms with Gasteiger partial charge in [0.15, 0.2) is 0 Å². The van der Waals surface area contributed by atoms with Gasteiger partial charge in [-0.2, -0.15) is 0 Å². The van der Waals surface area contributed by atoms with Gasteiger partial charge >= 0.3 is 5.97 Å². The highest BCUT2D eigenvalue weighted by atomic mass is 79.9. The zero-order valence-electron chi connectivity index (χ0n) is 25.4. The largest absolute Gasteiger partial charge is 0.460 e. The molecule has 1 unspecified atom stereocenters. The van der Waals surface area contributed by atoms with Crippen molar-refractivity contribution >= 4 is 56.1 Å². The van der Waals surface area contributed by atoms with Crippen LogP contribution in [0.4, 0.5) is 5.69 Å². The zero-order chi connectivity index (χ0) is 32.3. The molecule has 7 atom stereocenters. The average Bonchev–Trinajstić information content (AvgIpc) is 3.63. The Morgan fingerprint density at radius 1 is 1.22 bits per heavy atom. The van der Waals surface area contributed by atoms with Crippen LogP contribution in [-0.2, 0) is 28.7 Å². The number of hydrogen-bond acceptors (Lipinski definition) is 7. The lowest BCUT2D eigenvalue weighted by Gasteiger charge is -2.37. The highest BCUT2D eigenvalue weighted by Crippen LogP contribution is 2.60. The minimum absolute atomic E-state index is 0.119. The summed E-state index contributed by atoms with van der Waals surface area (Å²) < 4.78 is 12.3. The number of halogens is 1. The first-order valence-corrected chi connectivity index (χ1v) is 16.3. The lowest BCUT2D eigenvalue weighted by Crippen LogP contribution is -2.57. The molecule has 3 amide bonds. The fraction of sp³-hybridized carbons (Fsp3) is 0.471. The fourth-order valence-corrected chi connectivity index (χ4v) is 7.94. The van der Waals surface area contributed by atoms with E-state index in [0.717, 1.165) is 10.8 Å². The van der Waals surface area contributed by atoms with Crippen molar-refractivity contribution in [1.29, 1.82) is 0 Å². The SMILES string of the molecule is C=CCCC(=O)NC[C@H](C)OC(=O)[C@H]1[C@@H]2O[C@@]3(CC2Br)[C@@H]1C(=O)N(CCCO)[C@@H]3C(=O)N(CC=C)c1ccc2ccccc2c1. The molecule has 1 spiro atoms. The van der Waals surface area contributed by atoms with Crippen LogP contribution in [-0.4, -0.2) is 88.6 Å². The molecule has 11 heteroatoms. The molecule has 0 saturated carbocycles. The van der Waals surface area contributed by atoms with Crippen LogP contribution >= 0.6 is 15.9 Å². The molecule has 2 aromatic rings. The van der Waals surface area contributed by atoms with Gasteiger partial charge in [0, 0.05) is 36.6 Å². The Balaban J connectivity index is 1.44. The maximum atomic E-state index is 14.7. The van der Waals surface area contributed by atoms with Gasteiger partial charge in [-0.3, -0.25) is 19.2 Å². The molecule has 3 aliphatic rings. The van der Waals surface area contributed by atoms with Crippen LogP contribution in [0.5, 0.6) is 0 Å². The number of aliphatic hydroxyl groups is 1. The summed E-state index contributed by atoms with van der Waals surface area (Å²) in [5, 5.41) is 14.4. The van der Waals surface area contributed by atoms with Gasteiger partial charge in [-0.15, -0.1) is 13.2 Å². The minimum Gasteiger partial charge on any atom is -0.460 e. The Morgan fingerprint density at radius 2 is 1.98 bits per heavy atom. The van der Waals surface area contributed by atoms with E-state index < -0.39 is 41.7 Å². The van der Waals surface area contributed by atoms with Crippen LogP contribution in [0.25, 0.3) is 10.8 Å². The molecule has 45 heavy (non-hydrogen) atoms. The number of likely N-dealkylation sites (tertiary alicyclic amines) is 1. The monoisotopic (exact) mass is 681 g/mol. The number of rotatable bonds is 14. The number of hydrogen-bond donors (Lipinski definition) is 2. The molecule has 3 saturated heterocycles. The molecule has 2 bridgehead atoms. The molecular weight excluding hydrogens is 642 g/mol. The molecule has 240 valence electrons. The molecule has 5 rings (SSSR count). The second-order valence-electron chi connectivity index (χ2n) is 11.9. The summed E-state index contributed by atoms with van der Waals surface area (Å²) in [7, 11) is 0. The van der Waals surface area contributed by atoms with Gasteiger partial charge < -0.3 is 29.7 Å². The van der Waals surface area contributed by atoms with Gasteiger partial charge in [0.1, 0.15) is 17.7 Å². The Labute approximate surface area is 271 Å². The van der Waals surface area contributed by atoms with Crippen LogP contribution in [0, 0.1) is 11.8 Å². The number of carbonyl (C=O) groups is 4. The van der Waals surface area contributed by atoms with Crippen molar-refractivity contribution in [3.05, 3.63) is 67.8 Å². The van der Waals surface area contributed by atoms with Crippen molar-refractivity contribution in [2.75, 3.05) is 31.1 Å². The molecule has 10 nitrogen and oxygen atoms in total. The summed E-state index contributed by atoms with van der Waals surface area (Å²) in [4.78, 5) is 57.4. The van der Waals surface area contributed by atoms with Crippen LogP contribution in [0.3, 0.4) is 0 Å². The van der Waals surface area contributed by atoms with Gasteiger partial charge in [0.2, 0.25) is 11.8 Å². The number of ether oxygens (including phenoxy) is 2. The number of benzene rings is 2. The summed E-state index contributed by atoms with van der Waals surface area (Å²) in [5.41, 5.74) is -0.624. The van der Waals surface area contributed by atoms with Crippen LogP contribution < -0.4 is 10.2 Å². The number of alkyl halides is 1. The highest BCUT2D eigenvalue weighted by Gasteiger charge is 2.77. The van der Waals surface area contributed by atoms with Crippen molar-refractivity contribution in [1.82, 2.24) is 10.2 Å². The van der Waals surface area contributed by atoms with Gasteiger partial charge in [-0.25, -0.2) is 0 Å². The molecule has 3 heterocycles. The first-order valence-electron chi connectivity index (χ1n) is 15.4. The van der Waals surface area contributed by atoms with Crippen molar-refractivity contribution in [2.45, 2.75) is 61.3 Å². The summed E-state index contributed by atoms with van der Waals surface area (Å²) in [5.74, 6) is -3.38. The van der Waals surface area contributed by atoms with Crippen molar-refractivity contribution in [3.8, 4) is 0 Å². The number of anilines is 1. The minimum atomic E-state index is -1.27. The Kier molecular flexibility index (Phi) is 10.1. The molecule has 3 fully saturated rings. The van der Waals surface area contributed by atoms with Gasteiger partial charge in [0.25, 0.3) is 5.91 Å². The predicted octanol–water partition coefficient (Wildman–Crippen LogP) is 3.50. The Morgan fingerprint density at radius 3 is 2.69 bits per heavy atom. The number of amides is 3. The number of fused-ring (bicyclic) bond motifs is 2. The lowest BCUT2D eigenvalue weighted by atomic mass is 9.70. The third kappa shape index (κ3) is 6.17. The Hall–Kier alpha value is -3.54. The van der Waals surface area contributed by atoms with E-state index in [-0.39, 0.29) is 61.6 Å². The van der Waals surface area contributed by atoms with Crippen molar-refractivity contribution < 1.29 is 33.8 Å². The quantitative estimate of drug-likeness (QED) is 0.178. The van der Waals surface area contributed by atoms with Crippen LogP contribution in [0.15, 0.2) is 67.8 Å². The van der Waals surface area contributed by atoms with E-state index in [9.17, 15) is 24.3 Å². The summed E-state index contributed by atoms with van der Waals surface area (Å²) in [6.45, 7) is 9.43. The van der Waals surface area contributed by atoms with Crippen molar-refractivity contribution in [3.63, 3.8) is 0 Å². The number of aliphatic hydroxyl groups excluding tert-OH is 1. The molecule has 0 aliphatic carbocycles. The summed E-state index contributed by atoms with van der Waals surface area (Å²) in [6, 6.07) is 12.6. The van der Waals surface area contributed by atoms with E-state index in [1.54, 1.807) is 24.0 Å². The number of carbonyl (C=O) groups excluding carboxylic acids is 4. The van der Waals surface area contributed by atoms with E-state index in [2.05, 4.69) is 34.4 Å². The second kappa shape index (κ2) is 13.8. The normalized spacial score (nSPS) is 27.2. The maximum absolute atomic E-state index is 14.7.